The number of sulfonamides is 1. The van der Waals surface area contributed by atoms with E-state index in [2.05, 4.69) is 9.82 Å². The molecule has 1 aromatic rings. The molecular formula is C14H26N4O2S. The van der Waals surface area contributed by atoms with Crippen LogP contribution in [-0.2, 0) is 16.6 Å². The van der Waals surface area contributed by atoms with Crippen LogP contribution in [0.5, 0.6) is 0 Å². The van der Waals surface area contributed by atoms with Crippen molar-refractivity contribution in [3.05, 3.63) is 6.20 Å². The standard InChI is InChI=1S/C14H26N4O2S/c1-3-12(11-8-6-5-7-9-11)17-21(19,20)13-10-18(4-2)16-14(13)15/h10-12,17H,3-9H2,1-2H3,(H2,15,16). The highest BCUT2D eigenvalue weighted by atomic mass is 32.2. The Morgan fingerprint density at radius 2 is 2.05 bits per heavy atom. The maximum Gasteiger partial charge on any atom is 0.246 e. The summed E-state index contributed by atoms with van der Waals surface area (Å²) in [5.74, 6) is 0.504. The van der Waals surface area contributed by atoms with Gasteiger partial charge in [0.05, 0.1) is 0 Å². The van der Waals surface area contributed by atoms with E-state index in [1.54, 1.807) is 4.68 Å². The summed E-state index contributed by atoms with van der Waals surface area (Å²) in [5.41, 5.74) is 5.75. The van der Waals surface area contributed by atoms with Gasteiger partial charge in [-0.2, -0.15) is 5.10 Å². The van der Waals surface area contributed by atoms with Crippen molar-refractivity contribution in [3.63, 3.8) is 0 Å². The van der Waals surface area contributed by atoms with Gasteiger partial charge < -0.3 is 5.73 Å². The van der Waals surface area contributed by atoms with Gasteiger partial charge in [0.15, 0.2) is 5.82 Å². The molecule has 3 N–H and O–H groups in total. The van der Waals surface area contributed by atoms with Crippen LogP contribution < -0.4 is 10.5 Å². The number of rotatable bonds is 6. The molecule has 0 saturated heterocycles. The summed E-state index contributed by atoms with van der Waals surface area (Å²) in [7, 11) is -3.60. The largest absolute Gasteiger partial charge is 0.381 e. The van der Waals surface area contributed by atoms with Crippen LogP contribution in [0.2, 0.25) is 0 Å². The smallest absolute Gasteiger partial charge is 0.246 e. The highest BCUT2D eigenvalue weighted by Gasteiger charge is 2.29. The molecule has 7 heteroatoms. The Morgan fingerprint density at radius 3 is 2.57 bits per heavy atom. The van der Waals surface area contributed by atoms with Gasteiger partial charge in [-0.05, 0) is 32.1 Å². The Bertz CT molecular complexity index is 562. The van der Waals surface area contributed by atoms with Gasteiger partial charge in [0.2, 0.25) is 10.0 Å². The Morgan fingerprint density at radius 1 is 1.38 bits per heavy atom. The minimum Gasteiger partial charge on any atom is -0.381 e. The third-order valence-electron chi connectivity index (χ3n) is 4.33. The van der Waals surface area contributed by atoms with Crippen LogP contribution in [0, 0.1) is 5.92 Å². The highest BCUT2D eigenvalue weighted by molar-refractivity contribution is 7.89. The van der Waals surface area contributed by atoms with Crippen LogP contribution >= 0.6 is 0 Å². The molecule has 1 atom stereocenters. The summed E-state index contributed by atoms with van der Waals surface area (Å²) >= 11 is 0. The van der Waals surface area contributed by atoms with Gasteiger partial charge in [0.25, 0.3) is 0 Å². The average Bonchev–Trinajstić information content (AvgIpc) is 2.88. The van der Waals surface area contributed by atoms with Crippen LogP contribution in [-0.4, -0.2) is 24.2 Å². The molecule has 0 aromatic carbocycles. The first-order valence-corrected chi connectivity index (χ1v) is 9.31. The molecule has 0 bridgehead atoms. The van der Waals surface area contributed by atoms with Crippen molar-refractivity contribution in [1.82, 2.24) is 14.5 Å². The van der Waals surface area contributed by atoms with Gasteiger partial charge in [-0.15, -0.1) is 0 Å². The maximum absolute atomic E-state index is 12.5. The third kappa shape index (κ3) is 3.77. The molecule has 1 fully saturated rings. The van der Waals surface area contributed by atoms with Crippen molar-refractivity contribution < 1.29 is 8.42 Å². The fourth-order valence-corrected chi connectivity index (χ4v) is 4.56. The zero-order valence-electron chi connectivity index (χ0n) is 12.9. The number of aromatic nitrogens is 2. The zero-order valence-corrected chi connectivity index (χ0v) is 13.7. The van der Waals surface area contributed by atoms with Crippen LogP contribution in [0.15, 0.2) is 11.1 Å². The lowest BCUT2D eigenvalue weighted by Gasteiger charge is -2.29. The molecule has 1 saturated carbocycles. The van der Waals surface area contributed by atoms with Crippen LogP contribution in [0.25, 0.3) is 0 Å². The van der Waals surface area contributed by atoms with E-state index in [1.807, 2.05) is 13.8 Å². The van der Waals surface area contributed by atoms with Crippen molar-refractivity contribution in [2.24, 2.45) is 5.92 Å². The topological polar surface area (TPSA) is 90.0 Å². The maximum atomic E-state index is 12.5. The first-order valence-electron chi connectivity index (χ1n) is 7.83. The molecule has 0 amide bonds. The second-order valence-electron chi connectivity index (χ2n) is 5.77. The molecule has 6 nitrogen and oxygen atoms in total. The quantitative estimate of drug-likeness (QED) is 0.841. The summed E-state index contributed by atoms with van der Waals surface area (Å²) < 4.78 is 29.5. The number of nitrogens with zero attached hydrogens (tertiary/aromatic N) is 2. The highest BCUT2D eigenvalue weighted by Crippen LogP contribution is 2.29. The number of nitrogens with one attached hydrogen (secondary N) is 1. The number of aryl methyl sites for hydroxylation is 1. The van der Waals surface area contributed by atoms with Crippen LogP contribution in [0.3, 0.4) is 0 Å². The number of hydrogen-bond acceptors (Lipinski definition) is 4. The van der Waals surface area contributed by atoms with Gasteiger partial charge in [0, 0.05) is 18.8 Å². The Balaban J connectivity index is 2.16. The minimum absolute atomic E-state index is 0.0142. The van der Waals surface area contributed by atoms with E-state index in [4.69, 9.17) is 5.73 Å². The van der Waals surface area contributed by atoms with Gasteiger partial charge in [-0.25, -0.2) is 13.1 Å². The lowest BCUT2D eigenvalue weighted by atomic mass is 9.83. The molecule has 1 aliphatic carbocycles. The fourth-order valence-electron chi connectivity index (χ4n) is 3.10. The first-order chi connectivity index (χ1) is 9.97. The molecule has 120 valence electrons. The second-order valence-corrected chi connectivity index (χ2v) is 7.45. The second kappa shape index (κ2) is 6.79. The van der Waals surface area contributed by atoms with Crippen molar-refractivity contribution in [2.75, 3.05) is 5.73 Å². The number of hydrogen-bond donors (Lipinski definition) is 2. The van der Waals surface area contributed by atoms with Gasteiger partial charge >= 0.3 is 0 Å². The molecule has 1 aromatic heterocycles. The van der Waals surface area contributed by atoms with E-state index in [9.17, 15) is 8.42 Å². The molecular weight excluding hydrogens is 288 g/mol. The molecule has 2 rings (SSSR count). The van der Waals surface area contributed by atoms with Crippen molar-refractivity contribution in [1.29, 1.82) is 0 Å². The normalized spacial score (nSPS) is 18.8. The Hall–Kier alpha value is -1.08. The Kier molecular flexibility index (Phi) is 5.27. The lowest BCUT2D eigenvalue weighted by molar-refractivity contribution is 0.285. The summed E-state index contributed by atoms with van der Waals surface area (Å²) in [6.07, 6.45) is 8.15. The van der Waals surface area contributed by atoms with Gasteiger partial charge in [-0.3, -0.25) is 4.68 Å². The molecule has 0 spiro atoms. The molecule has 0 aliphatic heterocycles. The first kappa shape index (κ1) is 16.3. The van der Waals surface area contributed by atoms with Crippen molar-refractivity contribution >= 4 is 15.8 Å². The fraction of sp³-hybridized carbons (Fsp3) is 0.786. The zero-order chi connectivity index (χ0) is 15.5. The van der Waals surface area contributed by atoms with Crippen molar-refractivity contribution in [3.8, 4) is 0 Å². The monoisotopic (exact) mass is 314 g/mol. The van der Waals surface area contributed by atoms with Gasteiger partial charge in [-0.1, -0.05) is 26.2 Å². The summed E-state index contributed by atoms with van der Waals surface area (Å²) in [6.45, 7) is 4.52. The predicted octanol–water partition coefficient (Wildman–Crippen LogP) is 2.12. The number of nitrogen functional groups attached to an aromatic ring is 1. The lowest BCUT2D eigenvalue weighted by Crippen LogP contribution is -2.40. The van der Waals surface area contributed by atoms with Crippen molar-refractivity contribution in [2.45, 2.75) is 69.9 Å². The van der Waals surface area contributed by atoms with Crippen LogP contribution in [0.1, 0.15) is 52.4 Å². The van der Waals surface area contributed by atoms with E-state index in [0.29, 0.717) is 12.5 Å². The van der Waals surface area contributed by atoms with E-state index in [-0.39, 0.29) is 16.8 Å². The summed E-state index contributed by atoms with van der Waals surface area (Å²) in [5, 5.41) is 4.02. The van der Waals surface area contributed by atoms with E-state index >= 15 is 0 Å². The summed E-state index contributed by atoms with van der Waals surface area (Å²) in [4.78, 5) is 0.0959. The molecule has 1 unspecified atom stereocenters. The summed E-state index contributed by atoms with van der Waals surface area (Å²) in [6, 6.07) is -0.0142. The van der Waals surface area contributed by atoms with E-state index < -0.39 is 10.0 Å². The number of anilines is 1. The average molecular weight is 314 g/mol. The predicted molar refractivity (Wildman–Crippen MR) is 83.3 cm³/mol. The van der Waals surface area contributed by atoms with E-state index in [0.717, 1.165) is 19.3 Å². The number of nitrogens with two attached hydrogens (primary N) is 1. The molecule has 1 heterocycles. The third-order valence-corrected chi connectivity index (χ3v) is 5.84. The molecule has 0 radical (unpaired) electrons. The minimum atomic E-state index is -3.60. The SMILES string of the molecule is CCC(NS(=O)(=O)c1cn(CC)nc1N)C1CCCCC1. The Labute approximate surface area is 127 Å². The van der Waals surface area contributed by atoms with Gasteiger partial charge in [0.1, 0.15) is 4.90 Å². The van der Waals surface area contributed by atoms with E-state index in [1.165, 1.54) is 25.5 Å². The van der Waals surface area contributed by atoms with Crippen LogP contribution in [0.4, 0.5) is 5.82 Å². The molecule has 21 heavy (non-hydrogen) atoms. The molecule has 1 aliphatic rings.